The molecule has 0 bridgehead atoms. The van der Waals surface area contributed by atoms with E-state index in [0.29, 0.717) is 18.4 Å². The lowest BCUT2D eigenvalue weighted by Crippen LogP contribution is -2.66. The van der Waals surface area contributed by atoms with E-state index in [9.17, 15) is 24.3 Å². The van der Waals surface area contributed by atoms with Crippen LogP contribution in [0.1, 0.15) is 47.5 Å². The van der Waals surface area contributed by atoms with Crippen molar-refractivity contribution in [2.75, 3.05) is 0 Å². The molecular weight excluding hydrogens is 492 g/mol. The van der Waals surface area contributed by atoms with E-state index < -0.39 is 76.5 Å². The van der Waals surface area contributed by atoms with Crippen LogP contribution >= 0.6 is 11.6 Å². The van der Waals surface area contributed by atoms with Crippen LogP contribution in [-0.2, 0) is 38.1 Å². The third kappa shape index (κ3) is 4.59. The number of ether oxygens (including phenoxy) is 4. The summed E-state index contributed by atoms with van der Waals surface area (Å²) in [6, 6.07) is 0. The molecule has 9 nitrogen and oxygen atoms in total. The fourth-order valence-corrected chi connectivity index (χ4v) is 6.15. The van der Waals surface area contributed by atoms with Gasteiger partial charge in [-0.2, -0.15) is 0 Å². The van der Waals surface area contributed by atoms with Crippen molar-refractivity contribution in [1.82, 2.24) is 0 Å². The highest BCUT2D eigenvalue weighted by atomic mass is 35.5. The molecule has 0 spiro atoms. The Morgan fingerprint density at radius 1 is 1.11 bits per heavy atom. The van der Waals surface area contributed by atoms with Gasteiger partial charge < -0.3 is 24.1 Å². The summed E-state index contributed by atoms with van der Waals surface area (Å²) in [6.07, 6.45) is -0.810. The first kappa shape index (κ1) is 27.9. The van der Waals surface area contributed by atoms with Gasteiger partial charge >= 0.3 is 23.9 Å². The topological polar surface area (TPSA) is 125 Å². The van der Waals surface area contributed by atoms with E-state index in [1.165, 1.54) is 33.8 Å². The summed E-state index contributed by atoms with van der Waals surface area (Å²) in [4.78, 5) is 49.5. The van der Waals surface area contributed by atoms with Gasteiger partial charge in [0, 0.05) is 26.7 Å². The summed E-state index contributed by atoms with van der Waals surface area (Å²) in [5.41, 5.74) is -2.57. The molecule has 1 heterocycles. The molecule has 3 rings (SSSR count). The van der Waals surface area contributed by atoms with Crippen LogP contribution in [0, 0.1) is 17.3 Å². The van der Waals surface area contributed by atoms with Gasteiger partial charge in [-0.3, -0.25) is 19.2 Å². The molecule has 0 aromatic heterocycles. The fraction of sp³-hybridized carbons (Fsp3) is 0.615. The molecule has 0 radical (unpaired) electrons. The molecule has 3 aliphatic rings. The zero-order valence-corrected chi connectivity index (χ0v) is 21.9. The van der Waals surface area contributed by atoms with E-state index >= 15 is 0 Å². The monoisotopic (exact) mass is 524 g/mol. The molecule has 2 aliphatic carbocycles. The molecule has 2 fully saturated rings. The molecule has 0 aromatic carbocycles. The number of allylic oxidation sites excluding steroid dienone is 1. The van der Waals surface area contributed by atoms with Gasteiger partial charge in [-0.15, -0.1) is 11.6 Å². The SMILES string of the molecule is C=C1CC[C@H](OC(C)=O)[C@@]2(C)[C@H]1[C@@H](OC(C)=O)[C@]1(O)[C@@H](C)C(=O)O[C@H]1[C@@H](Cl)C(=C)/C=C\[C@H]2OC(C)=O. The summed E-state index contributed by atoms with van der Waals surface area (Å²) in [5.74, 6) is -4.71. The average molecular weight is 525 g/mol. The van der Waals surface area contributed by atoms with Crippen molar-refractivity contribution in [2.24, 2.45) is 17.3 Å². The number of carbonyl (C=O) groups is 4. The van der Waals surface area contributed by atoms with Crippen molar-refractivity contribution >= 4 is 35.5 Å². The minimum Gasteiger partial charge on any atom is -0.462 e. The summed E-state index contributed by atoms with van der Waals surface area (Å²) >= 11 is 6.66. The molecule has 9 atom stereocenters. The van der Waals surface area contributed by atoms with E-state index in [2.05, 4.69) is 13.2 Å². The third-order valence-corrected chi connectivity index (χ3v) is 8.16. The Bertz CT molecular complexity index is 1020. The Morgan fingerprint density at radius 3 is 2.25 bits per heavy atom. The number of esters is 4. The lowest BCUT2D eigenvalue weighted by atomic mass is 9.55. The number of alkyl halides is 1. The Hall–Kier alpha value is -2.65. The van der Waals surface area contributed by atoms with Crippen LogP contribution in [-0.4, -0.2) is 64.4 Å². The highest BCUT2D eigenvalue weighted by Crippen LogP contribution is 2.56. The third-order valence-electron chi connectivity index (χ3n) is 7.65. The summed E-state index contributed by atoms with van der Waals surface area (Å²) in [6.45, 7) is 15.0. The number of rotatable bonds is 3. The lowest BCUT2D eigenvalue weighted by molar-refractivity contribution is -0.217. The summed E-state index contributed by atoms with van der Waals surface area (Å²) < 4.78 is 22.7. The lowest BCUT2D eigenvalue weighted by Gasteiger charge is -2.55. The Kier molecular flexibility index (Phi) is 7.77. The van der Waals surface area contributed by atoms with Crippen molar-refractivity contribution in [3.63, 3.8) is 0 Å². The summed E-state index contributed by atoms with van der Waals surface area (Å²) in [5, 5.41) is 11.2. The van der Waals surface area contributed by atoms with E-state index in [0.717, 1.165) is 0 Å². The van der Waals surface area contributed by atoms with Crippen LogP contribution < -0.4 is 0 Å². The molecule has 0 aromatic rings. The number of hydrogen-bond donors (Lipinski definition) is 1. The number of fused-ring (bicyclic) bond motifs is 2. The second-order valence-electron chi connectivity index (χ2n) is 10.0. The Labute approximate surface area is 215 Å². The second-order valence-corrected chi connectivity index (χ2v) is 10.5. The largest absolute Gasteiger partial charge is 0.462 e. The first-order chi connectivity index (χ1) is 16.6. The Balaban J connectivity index is 2.39. The van der Waals surface area contributed by atoms with E-state index in [4.69, 9.17) is 30.5 Å². The van der Waals surface area contributed by atoms with E-state index in [1.54, 1.807) is 13.0 Å². The quantitative estimate of drug-likeness (QED) is 0.256. The predicted molar refractivity (Wildman–Crippen MR) is 129 cm³/mol. The average Bonchev–Trinajstić information content (AvgIpc) is 3.00. The normalized spacial score (nSPS) is 41.3. The minimum absolute atomic E-state index is 0.265. The van der Waals surface area contributed by atoms with Gasteiger partial charge in [0.1, 0.15) is 18.3 Å². The van der Waals surface area contributed by atoms with Crippen molar-refractivity contribution in [3.8, 4) is 0 Å². The van der Waals surface area contributed by atoms with Gasteiger partial charge in [-0.1, -0.05) is 31.7 Å². The first-order valence-corrected chi connectivity index (χ1v) is 12.2. The van der Waals surface area contributed by atoms with Crippen molar-refractivity contribution in [1.29, 1.82) is 0 Å². The molecule has 1 saturated carbocycles. The maximum atomic E-state index is 12.8. The van der Waals surface area contributed by atoms with Gasteiger partial charge in [-0.25, -0.2) is 0 Å². The number of hydrogen-bond acceptors (Lipinski definition) is 9. The zero-order chi connectivity index (χ0) is 27.2. The maximum absolute atomic E-state index is 12.8. The van der Waals surface area contributed by atoms with Crippen LogP contribution in [0.25, 0.3) is 0 Å². The zero-order valence-electron chi connectivity index (χ0n) is 21.1. The number of carbonyl (C=O) groups excluding carboxylic acids is 4. The molecule has 36 heavy (non-hydrogen) atoms. The molecule has 10 heteroatoms. The molecule has 1 aliphatic heterocycles. The standard InChI is InChI=1S/C26H33ClO9/c1-12-8-10-18(33-15(4)28)25(7)19(34-16(5)29)11-9-13(2)21(27)23-26(32,14(3)24(31)36-23)22(20(12)25)35-17(6)30/h9,11,14,18-23,32H,1-2,8,10H2,3-7H3/b11-9-/t14-,18-,19+,20+,21-,22+,23-,25+,26+/m0/s1. The van der Waals surface area contributed by atoms with Crippen LogP contribution in [0.4, 0.5) is 0 Å². The molecule has 1 saturated heterocycles. The second kappa shape index (κ2) is 10.0. The number of halogens is 1. The van der Waals surface area contributed by atoms with Gasteiger partial charge in [0.25, 0.3) is 0 Å². The molecule has 1 N–H and O–H groups in total. The van der Waals surface area contributed by atoms with E-state index in [1.807, 2.05) is 0 Å². The van der Waals surface area contributed by atoms with Crippen LogP contribution in [0.5, 0.6) is 0 Å². The maximum Gasteiger partial charge on any atom is 0.312 e. The highest BCUT2D eigenvalue weighted by molar-refractivity contribution is 6.23. The van der Waals surface area contributed by atoms with Crippen LogP contribution in [0.2, 0.25) is 0 Å². The van der Waals surface area contributed by atoms with Gasteiger partial charge in [0.15, 0.2) is 11.7 Å². The van der Waals surface area contributed by atoms with Crippen LogP contribution in [0.15, 0.2) is 36.5 Å². The highest BCUT2D eigenvalue weighted by Gasteiger charge is 2.68. The van der Waals surface area contributed by atoms with E-state index in [-0.39, 0.29) is 5.57 Å². The molecule has 0 unspecified atom stereocenters. The smallest absolute Gasteiger partial charge is 0.312 e. The van der Waals surface area contributed by atoms with Gasteiger partial charge in [0.2, 0.25) is 0 Å². The van der Waals surface area contributed by atoms with Crippen molar-refractivity contribution < 1.29 is 43.2 Å². The molecule has 0 amide bonds. The minimum atomic E-state index is -2.11. The molecule has 198 valence electrons. The fourth-order valence-electron chi connectivity index (χ4n) is 5.83. The van der Waals surface area contributed by atoms with Crippen molar-refractivity contribution in [2.45, 2.75) is 82.9 Å². The van der Waals surface area contributed by atoms with Crippen molar-refractivity contribution in [3.05, 3.63) is 36.5 Å². The summed E-state index contributed by atoms with van der Waals surface area (Å²) in [7, 11) is 0. The van der Waals surface area contributed by atoms with Crippen LogP contribution in [0.3, 0.4) is 0 Å². The number of aliphatic hydroxyl groups is 1. The predicted octanol–water partition coefficient (Wildman–Crippen LogP) is 2.78. The first-order valence-electron chi connectivity index (χ1n) is 11.8. The van der Waals surface area contributed by atoms with Gasteiger partial charge in [0.05, 0.1) is 16.7 Å². The molecular formula is C26H33ClO9. The Morgan fingerprint density at radius 2 is 1.69 bits per heavy atom. The van der Waals surface area contributed by atoms with Gasteiger partial charge in [-0.05, 0) is 31.4 Å².